The lowest BCUT2D eigenvalue weighted by molar-refractivity contribution is -0.127. The number of nitrogens with one attached hydrogen (secondary N) is 2. The topological polar surface area (TPSA) is 56.7 Å². The van der Waals surface area contributed by atoms with E-state index in [0.717, 1.165) is 6.54 Å². The van der Waals surface area contributed by atoms with E-state index in [-0.39, 0.29) is 47.9 Å². The molecule has 2 aromatic carbocycles. The molecule has 30 heavy (non-hydrogen) atoms. The van der Waals surface area contributed by atoms with E-state index in [1.165, 1.54) is 30.4 Å². The molecule has 162 valence electrons. The zero-order valence-electron chi connectivity index (χ0n) is 18.1. The Hall–Kier alpha value is -2.09. The van der Waals surface area contributed by atoms with E-state index in [1.54, 1.807) is 19.0 Å². The molecular weight excluding hydrogens is 487 g/mol. The van der Waals surface area contributed by atoms with Gasteiger partial charge in [-0.3, -0.25) is 4.79 Å². The summed E-state index contributed by atoms with van der Waals surface area (Å²) in [6.45, 7) is 3.04. The van der Waals surface area contributed by atoms with Crippen LogP contribution in [0.1, 0.15) is 43.4 Å². The first-order valence-corrected chi connectivity index (χ1v) is 10.4. The molecule has 0 bridgehead atoms. The van der Waals surface area contributed by atoms with Crippen LogP contribution < -0.4 is 10.6 Å². The number of aliphatic imine (C=N–C) groups is 1. The van der Waals surface area contributed by atoms with Crippen LogP contribution in [0.25, 0.3) is 0 Å². The molecule has 0 aromatic heterocycles. The number of carbonyl (C=O) groups excluding carboxylic acids is 1. The van der Waals surface area contributed by atoms with Crippen LogP contribution in [0, 0.1) is 0 Å². The van der Waals surface area contributed by atoms with E-state index in [2.05, 4.69) is 65.0 Å². The number of nitrogens with zero attached hydrogens (tertiary/aromatic N) is 2. The minimum Gasteiger partial charge on any atom is -0.355 e. The summed E-state index contributed by atoms with van der Waals surface area (Å²) in [6.07, 6.45) is 3.58. The van der Waals surface area contributed by atoms with Gasteiger partial charge in [0.2, 0.25) is 5.91 Å². The largest absolute Gasteiger partial charge is 0.355 e. The Morgan fingerprint density at radius 3 is 2.20 bits per heavy atom. The van der Waals surface area contributed by atoms with Crippen LogP contribution in [0.4, 0.5) is 0 Å². The van der Waals surface area contributed by atoms with Crippen LogP contribution >= 0.6 is 24.0 Å². The molecule has 1 amide bonds. The zero-order chi connectivity index (χ0) is 20.7. The van der Waals surface area contributed by atoms with Gasteiger partial charge in [0.15, 0.2) is 5.96 Å². The zero-order valence-corrected chi connectivity index (χ0v) is 20.4. The van der Waals surface area contributed by atoms with Crippen molar-refractivity contribution in [1.29, 1.82) is 0 Å². The summed E-state index contributed by atoms with van der Waals surface area (Å²) in [7, 11) is 3.51. The predicted molar refractivity (Wildman–Crippen MR) is 134 cm³/mol. The Balaban J connectivity index is 0.00000320. The van der Waals surface area contributed by atoms with Crippen molar-refractivity contribution in [3.8, 4) is 0 Å². The minimum atomic E-state index is -0.0140. The van der Waals surface area contributed by atoms with Crippen molar-refractivity contribution in [2.24, 2.45) is 4.99 Å². The molecule has 0 saturated heterocycles. The highest BCUT2D eigenvalue weighted by Gasteiger charge is 2.38. The maximum absolute atomic E-state index is 12.1. The van der Waals surface area contributed by atoms with Gasteiger partial charge in [-0.25, -0.2) is 4.99 Å². The molecule has 0 aliphatic heterocycles. The van der Waals surface area contributed by atoms with Gasteiger partial charge in [-0.2, -0.15) is 0 Å². The predicted octanol–water partition coefficient (Wildman–Crippen LogP) is 4.11. The van der Waals surface area contributed by atoms with Crippen molar-refractivity contribution in [2.75, 3.05) is 27.2 Å². The summed E-state index contributed by atoms with van der Waals surface area (Å²) < 4.78 is 0. The monoisotopic (exact) mass is 520 g/mol. The minimum absolute atomic E-state index is 0. The summed E-state index contributed by atoms with van der Waals surface area (Å²) in [5, 5.41) is 6.99. The second kappa shape index (κ2) is 11.3. The van der Waals surface area contributed by atoms with Gasteiger partial charge in [-0.05, 0) is 30.9 Å². The number of rotatable bonds is 7. The molecule has 0 heterocycles. The molecule has 5 nitrogen and oxygen atoms in total. The van der Waals surface area contributed by atoms with Gasteiger partial charge >= 0.3 is 0 Å². The standard InChI is InChI=1S/C24H32N4O.HI/c1-19(20-11-6-4-7-12-20)27-23(25-17-22(29)28(2)3)26-18-24(15-10-16-24)21-13-8-5-9-14-21;/h4-9,11-14,19H,10,15-18H2,1-3H3,(H2,25,26,27);1H. The molecule has 1 unspecified atom stereocenters. The summed E-state index contributed by atoms with van der Waals surface area (Å²) in [4.78, 5) is 18.2. The molecule has 1 aliphatic rings. The van der Waals surface area contributed by atoms with Crippen molar-refractivity contribution in [1.82, 2.24) is 15.5 Å². The maximum Gasteiger partial charge on any atom is 0.243 e. The fourth-order valence-corrected chi connectivity index (χ4v) is 3.69. The molecule has 2 aromatic rings. The fourth-order valence-electron chi connectivity index (χ4n) is 3.69. The van der Waals surface area contributed by atoms with Crippen LogP contribution in [0.3, 0.4) is 0 Å². The van der Waals surface area contributed by atoms with Crippen LogP contribution in [-0.2, 0) is 10.2 Å². The summed E-state index contributed by atoms with van der Waals surface area (Å²) in [5.74, 6) is 0.665. The van der Waals surface area contributed by atoms with Crippen molar-refractivity contribution in [3.63, 3.8) is 0 Å². The third-order valence-corrected chi connectivity index (χ3v) is 5.82. The van der Waals surface area contributed by atoms with Gasteiger partial charge in [-0.1, -0.05) is 67.1 Å². The van der Waals surface area contributed by atoms with Gasteiger partial charge in [-0.15, -0.1) is 24.0 Å². The third kappa shape index (κ3) is 6.20. The second-order valence-corrected chi connectivity index (χ2v) is 8.08. The highest BCUT2D eigenvalue weighted by Crippen LogP contribution is 2.43. The fraction of sp³-hybridized carbons (Fsp3) is 0.417. The molecule has 1 fully saturated rings. The van der Waals surface area contributed by atoms with Crippen molar-refractivity contribution in [2.45, 2.75) is 37.6 Å². The van der Waals surface area contributed by atoms with Gasteiger partial charge in [0, 0.05) is 26.1 Å². The van der Waals surface area contributed by atoms with Gasteiger partial charge in [0.1, 0.15) is 6.54 Å². The summed E-state index contributed by atoms with van der Waals surface area (Å²) >= 11 is 0. The van der Waals surface area contributed by atoms with Crippen LogP contribution in [-0.4, -0.2) is 44.0 Å². The van der Waals surface area contributed by atoms with E-state index >= 15 is 0 Å². The normalized spacial score (nSPS) is 15.9. The van der Waals surface area contributed by atoms with Crippen LogP contribution in [0.2, 0.25) is 0 Å². The van der Waals surface area contributed by atoms with E-state index in [4.69, 9.17) is 0 Å². The van der Waals surface area contributed by atoms with Crippen molar-refractivity contribution < 1.29 is 4.79 Å². The van der Waals surface area contributed by atoms with Crippen molar-refractivity contribution >= 4 is 35.8 Å². The Kier molecular flexibility index (Phi) is 9.14. The van der Waals surface area contributed by atoms with E-state index in [1.807, 2.05) is 18.2 Å². The first-order valence-electron chi connectivity index (χ1n) is 10.4. The number of benzene rings is 2. The molecule has 3 rings (SSSR count). The lowest BCUT2D eigenvalue weighted by Crippen LogP contribution is -2.49. The van der Waals surface area contributed by atoms with E-state index in [9.17, 15) is 4.79 Å². The lowest BCUT2D eigenvalue weighted by atomic mass is 9.64. The third-order valence-electron chi connectivity index (χ3n) is 5.82. The summed E-state index contributed by atoms with van der Waals surface area (Å²) in [6, 6.07) is 21.1. The van der Waals surface area contributed by atoms with Gasteiger partial charge in [0.05, 0.1) is 6.04 Å². The van der Waals surface area contributed by atoms with E-state index in [0.29, 0.717) is 5.96 Å². The first-order chi connectivity index (χ1) is 14.0. The Morgan fingerprint density at radius 2 is 1.67 bits per heavy atom. The molecule has 0 radical (unpaired) electrons. The first kappa shape index (κ1) is 24.2. The number of guanidine groups is 1. The SMILES string of the molecule is CC(NC(=NCC(=O)N(C)C)NCC1(c2ccccc2)CCC1)c1ccccc1.I. The molecule has 6 heteroatoms. The molecule has 0 spiro atoms. The van der Waals surface area contributed by atoms with Gasteiger partial charge in [0.25, 0.3) is 0 Å². The quantitative estimate of drug-likeness (QED) is 0.328. The second-order valence-electron chi connectivity index (χ2n) is 8.08. The highest BCUT2D eigenvalue weighted by molar-refractivity contribution is 14.0. The number of halogens is 1. The Bertz CT molecular complexity index is 820. The molecular formula is C24H33IN4O. The van der Waals surface area contributed by atoms with E-state index < -0.39 is 0 Å². The maximum atomic E-state index is 12.1. The number of hydrogen-bond acceptors (Lipinski definition) is 2. The molecule has 1 aliphatic carbocycles. The van der Waals surface area contributed by atoms with Crippen LogP contribution in [0.15, 0.2) is 65.7 Å². The molecule has 2 N–H and O–H groups in total. The van der Waals surface area contributed by atoms with Crippen LogP contribution in [0.5, 0.6) is 0 Å². The number of carbonyl (C=O) groups is 1. The smallest absolute Gasteiger partial charge is 0.243 e. The highest BCUT2D eigenvalue weighted by atomic mass is 127. The number of likely N-dealkylation sites (N-methyl/N-ethyl adjacent to an activating group) is 1. The Labute approximate surface area is 197 Å². The average molecular weight is 520 g/mol. The lowest BCUT2D eigenvalue weighted by Gasteiger charge is -2.43. The molecule has 1 atom stereocenters. The average Bonchev–Trinajstić information content (AvgIpc) is 2.72. The number of amides is 1. The van der Waals surface area contributed by atoms with Gasteiger partial charge < -0.3 is 15.5 Å². The number of hydrogen-bond donors (Lipinski definition) is 2. The Morgan fingerprint density at radius 1 is 1.07 bits per heavy atom. The molecule has 1 saturated carbocycles. The van der Waals surface area contributed by atoms with Crippen molar-refractivity contribution in [3.05, 3.63) is 71.8 Å². The summed E-state index contributed by atoms with van der Waals surface area (Å²) in [5.41, 5.74) is 2.70.